The maximum atomic E-state index is 11.6. The Hall–Kier alpha value is -2.18. The van der Waals surface area contributed by atoms with Crippen molar-refractivity contribution < 1.29 is 9.85 Å². The van der Waals surface area contributed by atoms with E-state index in [4.69, 9.17) is 0 Å². The molecule has 1 N–H and O–H groups in total. The molecule has 1 aromatic rings. The maximum absolute atomic E-state index is 11.6. The van der Waals surface area contributed by atoms with Crippen molar-refractivity contribution in [1.82, 2.24) is 0 Å². The van der Waals surface area contributed by atoms with E-state index in [0.29, 0.717) is 11.1 Å². The van der Waals surface area contributed by atoms with Gasteiger partial charge in [0, 0.05) is 17.7 Å². The van der Waals surface area contributed by atoms with Crippen LogP contribution in [0.15, 0.2) is 6.07 Å². The number of benzene rings is 1. The molecule has 0 heterocycles. The highest BCUT2D eigenvalue weighted by Gasteiger charge is 2.32. The standard InChI is InChI=1S/C15H23N3O4/c1-6-11(7-2)16-14-12(17(19)20)8-10(5)13(9(3)4)15(14)18(21)22/h8-9,11,16H,6-7H2,1-5H3. The summed E-state index contributed by atoms with van der Waals surface area (Å²) >= 11 is 0. The van der Waals surface area contributed by atoms with E-state index < -0.39 is 9.85 Å². The number of aryl methyl sites for hydroxylation is 1. The number of hydrogen-bond acceptors (Lipinski definition) is 5. The second-order valence-electron chi connectivity index (χ2n) is 5.68. The summed E-state index contributed by atoms with van der Waals surface area (Å²) in [6, 6.07) is 1.38. The monoisotopic (exact) mass is 309 g/mol. The molecule has 7 heteroatoms. The van der Waals surface area contributed by atoms with Gasteiger partial charge in [0.25, 0.3) is 5.69 Å². The summed E-state index contributed by atoms with van der Waals surface area (Å²) in [7, 11) is 0. The summed E-state index contributed by atoms with van der Waals surface area (Å²) in [6.45, 7) is 9.26. The van der Waals surface area contributed by atoms with Gasteiger partial charge in [-0.3, -0.25) is 20.2 Å². The summed E-state index contributed by atoms with van der Waals surface area (Å²) in [6.07, 6.45) is 1.46. The highest BCUT2D eigenvalue weighted by atomic mass is 16.6. The van der Waals surface area contributed by atoms with Crippen LogP contribution in [0, 0.1) is 27.2 Å². The molecule has 0 aromatic heterocycles. The molecular formula is C15H23N3O4. The molecule has 0 unspecified atom stereocenters. The Labute approximate surface area is 130 Å². The lowest BCUT2D eigenvalue weighted by molar-refractivity contribution is -0.392. The zero-order valence-electron chi connectivity index (χ0n) is 13.7. The first kappa shape index (κ1) is 17.9. The minimum absolute atomic E-state index is 0.0259. The van der Waals surface area contributed by atoms with Gasteiger partial charge in [0.15, 0.2) is 5.69 Å². The third-order valence-electron chi connectivity index (χ3n) is 3.82. The number of rotatable bonds is 7. The molecule has 0 aliphatic carbocycles. The molecule has 0 fully saturated rings. The van der Waals surface area contributed by atoms with Crippen molar-refractivity contribution in [3.05, 3.63) is 37.4 Å². The van der Waals surface area contributed by atoms with Gasteiger partial charge in [-0.2, -0.15) is 0 Å². The van der Waals surface area contributed by atoms with Crippen molar-refractivity contribution in [2.24, 2.45) is 0 Å². The van der Waals surface area contributed by atoms with Crippen LogP contribution in [0.25, 0.3) is 0 Å². The van der Waals surface area contributed by atoms with Gasteiger partial charge in [-0.15, -0.1) is 0 Å². The van der Waals surface area contributed by atoms with Gasteiger partial charge >= 0.3 is 5.69 Å². The van der Waals surface area contributed by atoms with Crippen LogP contribution in [-0.4, -0.2) is 15.9 Å². The lowest BCUT2D eigenvalue weighted by atomic mass is 9.93. The Kier molecular flexibility index (Phi) is 5.84. The fraction of sp³-hybridized carbons (Fsp3) is 0.600. The Morgan fingerprint density at radius 2 is 1.68 bits per heavy atom. The predicted molar refractivity (Wildman–Crippen MR) is 86.6 cm³/mol. The molecule has 0 radical (unpaired) electrons. The van der Waals surface area contributed by atoms with Crippen LogP contribution < -0.4 is 5.32 Å². The van der Waals surface area contributed by atoms with E-state index in [1.54, 1.807) is 6.92 Å². The molecule has 0 saturated heterocycles. The first-order valence-corrected chi connectivity index (χ1v) is 7.47. The van der Waals surface area contributed by atoms with Crippen LogP contribution in [0.4, 0.5) is 17.1 Å². The van der Waals surface area contributed by atoms with Crippen LogP contribution in [0.2, 0.25) is 0 Å². The zero-order chi connectivity index (χ0) is 17.0. The minimum Gasteiger partial charge on any atom is -0.371 e. The Morgan fingerprint density at radius 1 is 1.14 bits per heavy atom. The molecule has 22 heavy (non-hydrogen) atoms. The average molecular weight is 309 g/mol. The first-order chi connectivity index (χ1) is 10.2. The summed E-state index contributed by atoms with van der Waals surface area (Å²) < 4.78 is 0. The number of nitro groups is 2. The number of nitrogens with one attached hydrogen (secondary N) is 1. The highest BCUT2D eigenvalue weighted by Crippen LogP contribution is 2.42. The van der Waals surface area contributed by atoms with Crippen molar-refractivity contribution in [2.75, 3.05) is 5.32 Å². The molecule has 0 aliphatic heterocycles. The number of hydrogen-bond donors (Lipinski definition) is 1. The van der Waals surface area contributed by atoms with Gasteiger partial charge in [0.2, 0.25) is 0 Å². The van der Waals surface area contributed by atoms with Crippen LogP contribution in [0.1, 0.15) is 57.6 Å². The summed E-state index contributed by atoms with van der Waals surface area (Å²) in [5, 5.41) is 25.9. The molecule has 7 nitrogen and oxygen atoms in total. The third-order valence-corrected chi connectivity index (χ3v) is 3.82. The molecule has 1 aromatic carbocycles. The smallest absolute Gasteiger partial charge is 0.303 e. The molecular weight excluding hydrogens is 286 g/mol. The second kappa shape index (κ2) is 7.20. The molecule has 0 atom stereocenters. The quantitative estimate of drug-likeness (QED) is 0.589. The topological polar surface area (TPSA) is 98.3 Å². The number of anilines is 1. The van der Waals surface area contributed by atoms with Crippen molar-refractivity contribution in [3.8, 4) is 0 Å². The molecule has 0 aliphatic rings. The van der Waals surface area contributed by atoms with E-state index >= 15 is 0 Å². The van der Waals surface area contributed by atoms with E-state index in [1.807, 2.05) is 27.7 Å². The molecule has 0 saturated carbocycles. The zero-order valence-corrected chi connectivity index (χ0v) is 13.7. The Bertz CT molecular complexity index is 581. The van der Waals surface area contributed by atoms with E-state index in [2.05, 4.69) is 5.32 Å². The maximum Gasteiger partial charge on any atom is 0.303 e. The Morgan fingerprint density at radius 3 is 2.05 bits per heavy atom. The minimum atomic E-state index is -0.561. The van der Waals surface area contributed by atoms with Gasteiger partial charge in [-0.05, 0) is 31.2 Å². The highest BCUT2D eigenvalue weighted by molar-refractivity contribution is 5.78. The third kappa shape index (κ3) is 3.52. The normalized spacial score (nSPS) is 11.0. The van der Waals surface area contributed by atoms with E-state index in [1.165, 1.54) is 6.07 Å². The van der Waals surface area contributed by atoms with Crippen LogP contribution in [-0.2, 0) is 0 Å². The molecule has 122 valence electrons. The fourth-order valence-corrected chi connectivity index (χ4v) is 2.70. The van der Waals surface area contributed by atoms with E-state index in [9.17, 15) is 20.2 Å². The van der Waals surface area contributed by atoms with Crippen molar-refractivity contribution in [3.63, 3.8) is 0 Å². The summed E-state index contributed by atoms with van der Waals surface area (Å²) in [4.78, 5) is 21.8. The fourth-order valence-electron chi connectivity index (χ4n) is 2.70. The lowest BCUT2D eigenvalue weighted by Gasteiger charge is -2.19. The molecule has 0 bridgehead atoms. The summed E-state index contributed by atoms with van der Waals surface area (Å²) in [5.74, 6) is -0.0940. The molecule has 1 rings (SSSR count). The van der Waals surface area contributed by atoms with Gasteiger partial charge in [0.05, 0.1) is 9.85 Å². The van der Waals surface area contributed by atoms with Crippen LogP contribution in [0.3, 0.4) is 0 Å². The average Bonchev–Trinajstić information content (AvgIpc) is 2.43. The van der Waals surface area contributed by atoms with Gasteiger partial charge < -0.3 is 5.32 Å². The van der Waals surface area contributed by atoms with Gasteiger partial charge in [-0.1, -0.05) is 27.7 Å². The SMILES string of the molecule is CCC(CC)Nc1c([N+](=O)[O-])cc(C)c(C(C)C)c1[N+](=O)[O-]. The van der Waals surface area contributed by atoms with E-state index in [-0.39, 0.29) is 29.0 Å². The number of nitrogens with zero attached hydrogens (tertiary/aromatic N) is 2. The second-order valence-corrected chi connectivity index (χ2v) is 5.68. The molecule has 0 spiro atoms. The first-order valence-electron chi connectivity index (χ1n) is 7.47. The van der Waals surface area contributed by atoms with Crippen LogP contribution in [0.5, 0.6) is 0 Å². The van der Waals surface area contributed by atoms with Crippen molar-refractivity contribution in [1.29, 1.82) is 0 Å². The van der Waals surface area contributed by atoms with Crippen molar-refractivity contribution >= 4 is 17.1 Å². The molecule has 0 amide bonds. The van der Waals surface area contributed by atoms with Crippen LogP contribution >= 0.6 is 0 Å². The van der Waals surface area contributed by atoms with Crippen molar-refractivity contribution in [2.45, 2.75) is 59.4 Å². The Balaban J connectivity index is 3.69. The largest absolute Gasteiger partial charge is 0.371 e. The van der Waals surface area contributed by atoms with Gasteiger partial charge in [0.1, 0.15) is 0 Å². The van der Waals surface area contributed by atoms with Gasteiger partial charge in [-0.25, -0.2) is 0 Å². The van der Waals surface area contributed by atoms with E-state index in [0.717, 1.165) is 12.8 Å². The predicted octanol–water partition coefficient (Wildman–Crippen LogP) is 4.54. The summed E-state index contributed by atoms with van der Waals surface area (Å²) in [5.41, 5.74) is 0.736. The number of nitro benzene ring substituents is 2. The lowest BCUT2D eigenvalue weighted by Crippen LogP contribution is -2.20.